The number of nitrogens with zero attached hydrogens (tertiary/aromatic N) is 1. The fraction of sp³-hybridized carbons (Fsp3) is 0. The highest BCUT2D eigenvalue weighted by atomic mass is 35.5. The lowest BCUT2D eigenvalue weighted by Crippen LogP contribution is -1.97. The summed E-state index contributed by atoms with van der Waals surface area (Å²) in [5.41, 5.74) is 7.67. The van der Waals surface area contributed by atoms with Crippen LogP contribution in [0.5, 0.6) is 0 Å². The highest BCUT2D eigenvalue weighted by molar-refractivity contribution is 6.30. The van der Waals surface area contributed by atoms with Crippen molar-refractivity contribution in [2.24, 2.45) is 0 Å². The second-order valence-corrected chi connectivity index (χ2v) is 4.67. The minimum Gasteiger partial charge on any atom is -0.398 e. The number of anilines is 3. The Morgan fingerprint density at radius 3 is 2.58 bits per heavy atom. The van der Waals surface area contributed by atoms with Gasteiger partial charge in [0.2, 0.25) is 0 Å². The first-order valence-electron chi connectivity index (χ1n) is 5.90. The van der Waals surface area contributed by atoms with Gasteiger partial charge in [-0.05, 0) is 41.8 Å². The number of pyridine rings is 1. The molecule has 3 rings (SSSR count). The normalized spacial score (nSPS) is 10.6. The maximum atomic E-state index is 6.03. The smallest absolute Gasteiger partial charge is 0.140 e. The van der Waals surface area contributed by atoms with Gasteiger partial charge in [0.05, 0.1) is 0 Å². The predicted octanol–water partition coefficient (Wildman–Crippen LogP) is 4.21. The molecule has 0 aliphatic heterocycles. The third-order valence-electron chi connectivity index (χ3n) is 2.93. The van der Waals surface area contributed by atoms with E-state index in [1.165, 1.54) is 0 Å². The van der Waals surface area contributed by atoms with Gasteiger partial charge in [-0.3, -0.25) is 0 Å². The van der Waals surface area contributed by atoms with Crippen molar-refractivity contribution in [3.05, 3.63) is 59.8 Å². The zero-order valence-electron chi connectivity index (χ0n) is 10.1. The van der Waals surface area contributed by atoms with Crippen LogP contribution in [0.4, 0.5) is 17.2 Å². The fourth-order valence-electron chi connectivity index (χ4n) is 2.02. The molecule has 0 aliphatic carbocycles. The second kappa shape index (κ2) is 4.78. The topological polar surface area (TPSA) is 50.9 Å². The van der Waals surface area contributed by atoms with Crippen LogP contribution in [0, 0.1) is 0 Å². The van der Waals surface area contributed by atoms with Crippen molar-refractivity contribution >= 4 is 39.6 Å². The van der Waals surface area contributed by atoms with Crippen molar-refractivity contribution in [3.63, 3.8) is 0 Å². The summed E-state index contributed by atoms with van der Waals surface area (Å²) in [6.07, 6.45) is 1.76. The average molecular weight is 270 g/mol. The molecule has 1 heterocycles. The lowest BCUT2D eigenvalue weighted by Gasteiger charge is -2.10. The van der Waals surface area contributed by atoms with Crippen LogP contribution in [0.2, 0.25) is 5.02 Å². The molecule has 0 bridgehead atoms. The quantitative estimate of drug-likeness (QED) is 0.685. The molecule has 94 valence electrons. The van der Waals surface area contributed by atoms with Gasteiger partial charge in [0.1, 0.15) is 5.82 Å². The zero-order valence-corrected chi connectivity index (χ0v) is 10.9. The molecule has 3 nitrogen and oxygen atoms in total. The van der Waals surface area contributed by atoms with Crippen LogP contribution in [0.1, 0.15) is 0 Å². The van der Waals surface area contributed by atoms with E-state index in [1.54, 1.807) is 6.20 Å². The number of halogens is 1. The molecule has 0 atom stereocenters. The van der Waals surface area contributed by atoms with Gasteiger partial charge in [-0.15, -0.1) is 0 Å². The van der Waals surface area contributed by atoms with Gasteiger partial charge in [-0.25, -0.2) is 4.98 Å². The minimum atomic E-state index is 0.705. The molecule has 0 spiro atoms. The van der Waals surface area contributed by atoms with E-state index in [0.717, 1.165) is 22.3 Å². The van der Waals surface area contributed by atoms with Crippen molar-refractivity contribution in [1.82, 2.24) is 4.98 Å². The first-order valence-corrected chi connectivity index (χ1v) is 6.27. The van der Waals surface area contributed by atoms with Crippen LogP contribution in [0.3, 0.4) is 0 Å². The Kier molecular flexibility index (Phi) is 2.97. The van der Waals surface area contributed by atoms with Crippen molar-refractivity contribution in [2.45, 2.75) is 0 Å². The Balaban J connectivity index is 2.08. The van der Waals surface area contributed by atoms with Gasteiger partial charge in [0.25, 0.3) is 0 Å². The lowest BCUT2D eigenvalue weighted by atomic mass is 10.1. The zero-order chi connectivity index (χ0) is 13.2. The van der Waals surface area contributed by atoms with Crippen LogP contribution >= 0.6 is 11.6 Å². The summed E-state index contributed by atoms with van der Waals surface area (Å²) in [6, 6.07) is 15.2. The fourth-order valence-corrected chi connectivity index (χ4v) is 2.15. The molecule has 3 aromatic rings. The van der Waals surface area contributed by atoms with E-state index in [4.69, 9.17) is 17.3 Å². The predicted molar refractivity (Wildman–Crippen MR) is 80.9 cm³/mol. The van der Waals surface area contributed by atoms with E-state index in [1.807, 2.05) is 48.5 Å². The van der Waals surface area contributed by atoms with Crippen LogP contribution in [0.25, 0.3) is 10.8 Å². The third-order valence-corrected chi connectivity index (χ3v) is 3.18. The number of fused-ring (bicyclic) bond motifs is 1. The van der Waals surface area contributed by atoms with Gasteiger partial charge in [-0.1, -0.05) is 23.7 Å². The molecule has 0 saturated heterocycles. The summed E-state index contributed by atoms with van der Waals surface area (Å²) in [5.74, 6) is 0.748. The maximum Gasteiger partial charge on any atom is 0.140 e. The Labute approximate surface area is 116 Å². The van der Waals surface area contributed by atoms with Crippen LogP contribution < -0.4 is 11.1 Å². The Morgan fingerprint density at radius 1 is 1.00 bits per heavy atom. The largest absolute Gasteiger partial charge is 0.398 e. The van der Waals surface area contributed by atoms with Gasteiger partial charge < -0.3 is 11.1 Å². The van der Waals surface area contributed by atoms with Gasteiger partial charge >= 0.3 is 0 Å². The van der Waals surface area contributed by atoms with Crippen LogP contribution in [-0.4, -0.2) is 4.98 Å². The van der Waals surface area contributed by atoms with Gasteiger partial charge in [0, 0.05) is 28.0 Å². The van der Waals surface area contributed by atoms with Crippen LogP contribution in [-0.2, 0) is 0 Å². The Hall–Kier alpha value is -2.26. The van der Waals surface area contributed by atoms with E-state index in [-0.39, 0.29) is 0 Å². The number of nitrogens with one attached hydrogen (secondary N) is 1. The monoisotopic (exact) mass is 269 g/mol. The average Bonchev–Trinajstić information content (AvgIpc) is 2.42. The summed E-state index contributed by atoms with van der Waals surface area (Å²) < 4.78 is 0. The molecule has 0 unspecified atom stereocenters. The molecule has 0 aliphatic rings. The number of aromatic nitrogens is 1. The van der Waals surface area contributed by atoms with Crippen molar-refractivity contribution < 1.29 is 0 Å². The number of rotatable bonds is 2. The second-order valence-electron chi connectivity index (χ2n) is 4.24. The molecule has 1 aromatic heterocycles. The number of hydrogen-bond acceptors (Lipinski definition) is 3. The summed E-state index contributed by atoms with van der Waals surface area (Å²) in [6.45, 7) is 0. The summed E-state index contributed by atoms with van der Waals surface area (Å²) in [7, 11) is 0. The molecular weight excluding hydrogens is 258 g/mol. The van der Waals surface area contributed by atoms with E-state index >= 15 is 0 Å². The molecule has 2 aromatic carbocycles. The molecule has 0 amide bonds. The Morgan fingerprint density at radius 2 is 1.79 bits per heavy atom. The minimum absolute atomic E-state index is 0.705. The highest BCUT2D eigenvalue weighted by Gasteiger charge is 2.05. The van der Waals surface area contributed by atoms with Crippen molar-refractivity contribution in [2.75, 3.05) is 11.1 Å². The standard InChI is InChI=1S/C15H12ClN3/c16-11-4-6-12(7-5-11)19-15-14-10(8-9-18-15)2-1-3-13(14)17/h1-9H,17H2,(H,18,19). The number of hydrogen-bond donors (Lipinski definition) is 2. The summed E-state index contributed by atoms with van der Waals surface area (Å²) >= 11 is 5.87. The summed E-state index contributed by atoms with van der Waals surface area (Å²) in [5, 5.41) is 5.96. The van der Waals surface area contributed by atoms with Gasteiger partial charge in [-0.2, -0.15) is 0 Å². The molecule has 0 fully saturated rings. The van der Waals surface area contributed by atoms with E-state index in [9.17, 15) is 0 Å². The molecular formula is C15H12ClN3. The highest BCUT2D eigenvalue weighted by Crippen LogP contribution is 2.29. The number of benzene rings is 2. The lowest BCUT2D eigenvalue weighted by molar-refractivity contribution is 1.34. The van der Waals surface area contributed by atoms with Gasteiger partial charge in [0.15, 0.2) is 0 Å². The maximum absolute atomic E-state index is 6.03. The molecule has 0 saturated carbocycles. The van der Waals surface area contributed by atoms with Crippen molar-refractivity contribution in [3.8, 4) is 0 Å². The summed E-state index contributed by atoms with van der Waals surface area (Å²) in [4.78, 5) is 4.36. The molecule has 4 heteroatoms. The van der Waals surface area contributed by atoms with Crippen LogP contribution in [0.15, 0.2) is 54.7 Å². The first kappa shape index (κ1) is 11.8. The van der Waals surface area contributed by atoms with E-state index in [2.05, 4.69) is 10.3 Å². The molecule has 0 radical (unpaired) electrons. The number of nitrogen functional groups attached to an aromatic ring is 1. The first-order chi connectivity index (χ1) is 9.24. The Bertz CT molecular complexity index is 718. The number of nitrogens with two attached hydrogens (primary N) is 1. The van der Waals surface area contributed by atoms with Crippen molar-refractivity contribution in [1.29, 1.82) is 0 Å². The molecule has 3 N–H and O–H groups in total. The third kappa shape index (κ3) is 2.33. The SMILES string of the molecule is Nc1cccc2ccnc(Nc3ccc(Cl)cc3)c12. The van der Waals surface area contributed by atoms with E-state index < -0.39 is 0 Å². The molecule has 19 heavy (non-hydrogen) atoms. The van der Waals surface area contributed by atoms with E-state index in [0.29, 0.717) is 10.7 Å².